The van der Waals surface area contributed by atoms with E-state index in [-0.39, 0.29) is 16.8 Å². The molecule has 88 valence electrons. The molecule has 1 aromatic carbocycles. The zero-order valence-corrected chi connectivity index (χ0v) is 9.29. The lowest BCUT2D eigenvalue weighted by molar-refractivity contribution is -0.0158. The van der Waals surface area contributed by atoms with Crippen molar-refractivity contribution in [2.45, 2.75) is 6.10 Å². The van der Waals surface area contributed by atoms with E-state index in [1.165, 1.54) is 12.1 Å². The highest BCUT2D eigenvalue weighted by Gasteiger charge is 2.34. The van der Waals surface area contributed by atoms with Crippen LogP contribution >= 0.6 is 0 Å². The number of aliphatic hydroxyl groups is 1. The Labute approximate surface area is 97.2 Å². The minimum atomic E-state index is -4.44. The number of fused-ring (bicyclic) bond motifs is 1. The predicted molar refractivity (Wildman–Crippen MR) is 59.7 cm³/mol. The van der Waals surface area contributed by atoms with Gasteiger partial charge in [-0.15, -0.1) is 0 Å². The molecule has 1 aliphatic rings. The molecule has 0 unspecified atom stereocenters. The van der Waals surface area contributed by atoms with Gasteiger partial charge < -0.3 is 10.6 Å². The summed E-state index contributed by atoms with van der Waals surface area (Å²) in [4.78, 5) is 2.54. The van der Waals surface area contributed by atoms with Gasteiger partial charge >= 0.3 is 5.71 Å². The van der Waals surface area contributed by atoms with Crippen LogP contribution in [0.2, 0.25) is 0 Å². The van der Waals surface area contributed by atoms with Crippen molar-refractivity contribution in [1.29, 1.82) is 0 Å². The zero-order valence-electron chi connectivity index (χ0n) is 8.48. The summed E-state index contributed by atoms with van der Waals surface area (Å²) < 4.78 is 31.4. The fourth-order valence-corrected chi connectivity index (χ4v) is 2.49. The maximum atomic E-state index is 11.2. The smallest absolute Gasteiger partial charge is 0.331 e. The Kier molecular flexibility index (Phi) is 2.68. The summed E-state index contributed by atoms with van der Waals surface area (Å²) in [5.74, 6) is 0. The topological polar surface area (TPSA) is 111 Å². The summed E-state index contributed by atoms with van der Waals surface area (Å²) in [5.41, 5.74) is 9.17. The molecule has 0 bridgehead atoms. The highest BCUT2D eigenvalue weighted by Crippen LogP contribution is 2.29. The van der Waals surface area contributed by atoms with E-state index < -0.39 is 21.1 Å². The number of rotatable bonds is 1. The average molecular weight is 252 g/mol. The minimum absolute atomic E-state index is 0.0620. The fourth-order valence-electron chi connectivity index (χ4n) is 1.73. The van der Waals surface area contributed by atoms with Crippen LogP contribution in [-0.2, 0) is 10.1 Å². The first-order chi connectivity index (χ1) is 7.95. The first-order valence-corrected chi connectivity index (χ1v) is 6.08. The van der Waals surface area contributed by atoms with Crippen molar-refractivity contribution in [3.63, 3.8) is 0 Å². The molecule has 1 aliphatic carbocycles. The maximum Gasteiger partial charge on any atom is 0.331 e. The largest absolute Gasteiger partial charge is 0.377 e. The summed E-state index contributed by atoms with van der Waals surface area (Å²) in [6.07, 6.45) is -0.459. The summed E-state index contributed by atoms with van der Waals surface area (Å²) in [5, 5.41) is 9.61. The quantitative estimate of drug-likeness (QED) is 0.425. The van der Waals surface area contributed by atoms with Gasteiger partial charge in [-0.05, 0) is 12.1 Å². The first kappa shape index (κ1) is 11.7. The fraction of sp³-hybridized carbons (Fsp3) is 0.100. The van der Waals surface area contributed by atoms with Crippen LogP contribution in [0.4, 0.5) is 0 Å². The molecule has 6 nitrogen and oxygen atoms in total. The van der Waals surface area contributed by atoms with Gasteiger partial charge in [-0.3, -0.25) is 4.55 Å². The van der Waals surface area contributed by atoms with Crippen LogP contribution in [0.1, 0.15) is 11.1 Å². The van der Waals surface area contributed by atoms with Gasteiger partial charge in [-0.1, -0.05) is 18.2 Å². The molecule has 0 aliphatic heterocycles. The molecule has 17 heavy (non-hydrogen) atoms. The van der Waals surface area contributed by atoms with Gasteiger partial charge in [0.2, 0.25) is 0 Å². The van der Waals surface area contributed by atoms with Crippen molar-refractivity contribution < 1.29 is 22.9 Å². The molecule has 0 amide bonds. The molecule has 1 aromatic rings. The van der Waals surface area contributed by atoms with Crippen molar-refractivity contribution in [2.75, 3.05) is 0 Å². The Bertz CT molecular complexity index is 657. The number of nitrogens with zero attached hydrogens (tertiary/aromatic N) is 2. The number of benzene rings is 1. The highest BCUT2D eigenvalue weighted by molar-refractivity contribution is 7.95. The maximum absolute atomic E-state index is 11.2. The number of hydrogen-bond acceptors (Lipinski definition) is 3. The van der Waals surface area contributed by atoms with E-state index in [1.807, 2.05) is 0 Å². The van der Waals surface area contributed by atoms with E-state index in [2.05, 4.69) is 4.79 Å². The van der Waals surface area contributed by atoms with Crippen molar-refractivity contribution in [3.8, 4) is 0 Å². The Balaban J connectivity index is 2.80. The molecule has 2 rings (SSSR count). The van der Waals surface area contributed by atoms with Gasteiger partial charge in [-0.2, -0.15) is 13.2 Å². The second-order valence-corrected chi connectivity index (χ2v) is 4.87. The molecule has 0 fully saturated rings. The van der Waals surface area contributed by atoms with Crippen molar-refractivity contribution >= 4 is 20.7 Å². The molecule has 7 heteroatoms. The Hall–Kier alpha value is -1.79. The molecule has 0 heterocycles. The van der Waals surface area contributed by atoms with E-state index in [4.69, 9.17) is 10.1 Å². The molecule has 0 saturated heterocycles. The predicted octanol–water partition coefficient (Wildman–Crippen LogP) is 0.309. The summed E-state index contributed by atoms with van der Waals surface area (Å²) in [6.45, 7) is 0. The SMILES string of the molecule is [N-]=[N+]=C1c2ccccc2C(S(=O)(=O)O)=C[C@H]1O. The third kappa shape index (κ3) is 1.92. The zero-order chi connectivity index (χ0) is 12.6. The standard InChI is InChI=1S/C10H8N2O4S/c11-12-10-7-4-2-1-3-6(7)9(5-8(10)13)17(14,15)16/h1-5,8,13H,(H,14,15,16)/t8-/m1/s1. The van der Waals surface area contributed by atoms with Crippen LogP contribution < -0.4 is 0 Å². The lowest BCUT2D eigenvalue weighted by Gasteiger charge is -2.15. The third-order valence-electron chi connectivity index (χ3n) is 2.44. The lowest BCUT2D eigenvalue weighted by atomic mass is 9.93. The van der Waals surface area contributed by atoms with Crippen LogP contribution in [0.3, 0.4) is 0 Å². The van der Waals surface area contributed by atoms with Gasteiger partial charge in [0, 0.05) is 5.56 Å². The summed E-state index contributed by atoms with van der Waals surface area (Å²) in [7, 11) is -4.44. The molecule has 1 atom stereocenters. The van der Waals surface area contributed by atoms with Gasteiger partial charge in [-0.25, -0.2) is 0 Å². The van der Waals surface area contributed by atoms with E-state index in [0.29, 0.717) is 0 Å². The lowest BCUT2D eigenvalue weighted by Crippen LogP contribution is -2.27. The molecule has 2 N–H and O–H groups in total. The van der Waals surface area contributed by atoms with E-state index >= 15 is 0 Å². The van der Waals surface area contributed by atoms with Crippen LogP contribution in [0, 0.1) is 0 Å². The van der Waals surface area contributed by atoms with Gasteiger partial charge in [0.15, 0.2) is 6.10 Å². The summed E-state index contributed by atoms with van der Waals surface area (Å²) in [6, 6.07) is 6.12. The first-order valence-electron chi connectivity index (χ1n) is 4.64. The Morgan fingerprint density at radius 1 is 1.24 bits per heavy atom. The van der Waals surface area contributed by atoms with E-state index in [9.17, 15) is 13.5 Å². The Morgan fingerprint density at radius 2 is 1.82 bits per heavy atom. The van der Waals surface area contributed by atoms with Crippen molar-refractivity contribution in [1.82, 2.24) is 0 Å². The van der Waals surface area contributed by atoms with Gasteiger partial charge in [0.05, 0.1) is 5.56 Å². The Morgan fingerprint density at radius 3 is 2.35 bits per heavy atom. The second kappa shape index (κ2) is 3.90. The van der Waals surface area contributed by atoms with E-state index in [1.54, 1.807) is 12.1 Å². The van der Waals surface area contributed by atoms with Crippen LogP contribution in [0.25, 0.3) is 10.4 Å². The van der Waals surface area contributed by atoms with Gasteiger partial charge in [0.25, 0.3) is 10.1 Å². The average Bonchev–Trinajstić information content (AvgIpc) is 2.27. The monoisotopic (exact) mass is 252 g/mol. The normalized spacial score (nSPS) is 19.3. The second-order valence-electron chi connectivity index (χ2n) is 3.48. The number of hydrogen-bond donors (Lipinski definition) is 2. The van der Waals surface area contributed by atoms with Crippen LogP contribution in [0.5, 0.6) is 0 Å². The molecule has 0 saturated carbocycles. The van der Waals surface area contributed by atoms with E-state index in [0.717, 1.165) is 6.08 Å². The summed E-state index contributed by atoms with van der Waals surface area (Å²) >= 11 is 0. The molecular weight excluding hydrogens is 244 g/mol. The van der Waals surface area contributed by atoms with Gasteiger partial charge in [0.1, 0.15) is 4.91 Å². The molecule has 0 spiro atoms. The third-order valence-corrected chi connectivity index (χ3v) is 3.36. The molecular formula is C10H8N2O4S. The van der Waals surface area contributed by atoms with Crippen molar-refractivity contribution in [2.24, 2.45) is 0 Å². The van der Waals surface area contributed by atoms with Crippen LogP contribution in [0.15, 0.2) is 30.3 Å². The van der Waals surface area contributed by atoms with Crippen molar-refractivity contribution in [3.05, 3.63) is 47.0 Å². The molecule has 0 radical (unpaired) electrons. The number of aliphatic hydroxyl groups excluding tert-OH is 1. The molecule has 0 aromatic heterocycles. The minimum Gasteiger partial charge on any atom is -0.377 e. The highest BCUT2D eigenvalue weighted by atomic mass is 32.2. The van der Waals surface area contributed by atoms with Crippen LogP contribution in [-0.4, -0.2) is 34.7 Å².